The number of halogens is 1. The van der Waals surface area contributed by atoms with Gasteiger partial charge in [-0.3, -0.25) is 9.59 Å². The van der Waals surface area contributed by atoms with Crippen LogP contribution in [0, 0.1) is 12.8 Å². The summed E-state index contributed by atoms with van der Waals surface area (Å²) in [5.74, 6) is 0.109. The van der Waals surface area contributed by atoms with Crippen LogP contribution in [0.5, 0.6) is 5.75 Å². The number of benzene rings is 1. The SMILES string of the molecule is CCOc1cc(C)c(C(=O)N2CCC(C(N)=O)CC2)cc1Cl. The van der Waals surface area contributed by atoms with Crippen molar-refractivity contribution in [1.29, 1.82) is 0 Å². The van der Waals surface area contributed by atoms with Crippen LogP contribution >= 0.6 is 11.6 Å². The van der Waals surface area contributed by atoms with E-state index in [1.54, 1.807) is 17.0 Å². The molecule has 1 saturated heterocycles. The van der Waals surface area contributed by atoms with Crippen LogP contribution in [0.3, 0.4) is 0 Å². The quantitative estimate of drug-likeness (QED) is 0.924. The van der Waals surface area contributed by atoms with Gasteiger partial charge in [-0.25, -0.2) is 0 Å². The molecule has 1 aromatic carbocycles. The first kappa shape index (κ1) is 16.6. The molecular formula is C16H21ClN2O3. The maximum absolute atomic E-state index is 12.6. The third-order valence-corrected chi connectivity index (χ3v) is 4.29. The van der Waals surface area contributed by atoms with Crippen molar-refractivity contribution in [3.05, 3.63) is 28.3 Å². The van der Waals surface area contributed by atoms with Crippen LogP contribution in [0.25, 0.3) is 0 Å². The Morgan fingerprint density at radius 3 is 2.55 bits per heavy atom. The maximum atomic E-state index is 12.6. The molecule has 2 N–H and O–H groups in total. The van der Waals surface area contributed by atoms with Crippen molar-refractivity contribution < 1.29 is 14.3 Å². The van der Waals surface area contributed by atoms with Crippen LogP contribution in [0.2, 0.25) is 5.02 Å². The fourth-order valence-corrected chi connectivity index (χ4v) is 2.91. The van der Waals surface area contributed by atoms with Gasteiger partial charge < -0.3 is 15.4 Å². The first-order chi connectivity index (χ1) is 10.4. The molecule has 1 aromatic rings. The number of likely N-dealkylation sites (tertiary alicyclic amines) is 1. The Hall–Kier alpha value is -1.75. The highest BCUT2D eigenvalue weighted by molar-refractivity contribution is 6.32. The normalized spacial score (nSPS) is 15.7. The fourth-order valence-electron chi connectivity index (χ4n) is 2.69. The minimum Gasteiger partial charge on any atom is -0.492 e. The van der Waals surface area contributed by atoms with E-state index in [4.69, 9.17) is 22.1 Å². The zero-order valence-electron chi connectivity index (χ0n) is 12.9. The van der Waals surface area contributed by atoms with Gasteiger partial charge in [0, 0.05) is 24.6 Å². The lowest BCUT2D eigenvalue weighted by molar-refractivity contribution is -0.123. The molecule has 0 atom stereocenters. The van der Waals surface area contributed by atoms with Crippen molar-refractivity contribution >= 4 is 23.4 Å². The van der Waals surface area contributed by atoms with E-state index in [0.717, 1.165) is 5.56 Å². The van der Waals surface area contributed by atoms with E-state index in [-0.39, 0.29) is 17.7 Å². The zero-order chi connectivity index (χ0) is 16.3. The number of hydrogen-bond acceptors (Lipinski definition) is 3. The number of rotatable bonds is 4. The minimum absolute atomic E-state index is 0.0645. The highest BCUT2D eigenvalue weighted by Gasteiger charge is 2.27. The molecule has 2 amide bonds. The molecule has 2 rings (SSSR count). The minimum atomic E-state index is -0.285. The van der Waals surface area contributed by atoms with E-state index < -0.39 is 0 Å². The van der Waals surface area contributed by atoms with E-state index in [9.17, 15) is 9.59 Å². The number of nitrogens with two attached hydrogens (primary N) is 1. The molecule has 6 heteroatoms. The molecule has 1 aliphatic heterocycles. The van der Waals surface area contributed by atoms with Crippen LogP contribution in [0.1, 0.15) is 35.7 Å². The molecule has 0 radical (unpaired) electrons. The second-order valence-corrected chi connectivity index (χ2v) is 5.91. The third kappa shape index (κ3) is 3.53. The molecule has 0 spiro atoms. The smallest absolute Gasteiger partial charge is 0.254 e. The van der Waals surface area contributed by atoms with Crippen LogP contribution in [-0.4, -0.2) is 36.4 Å². The Bertz CT molecular complexity index is 581. The van der Waals surface area contributed by atoms with Crippen LogP contribution in [0.4, 0.5) is 0 Å². The lowest BCUT2D eigenvalue weighted by Crippen LogP contribution is -2.41. The van der Waals surface area contributed by atoms with Crippen LogP contribution in [0.15, 0.2) is 12.1 Å². The predicted octanol–water partition coefficient (Wildman–Crippen LogP) is 2.38. The Morgan fingerprint density at radius 2 is 2.00 bits per heavy atom. The number of hydrogen-bond donors (Lipinski definition) is 1. The number of primary amides is 1. The summed E-state index contributed by atoms with van der Waals surface area (Å²) in [6.07, 6.45) is 1.23. The van der Waals surface area contributed by atoms with Crippen molar-refractivity contribution in [2.45, 2.75) is 26.7 Å². The number of carbonyl (C=O) groups excluding carboxylic acids is 2. The molecule has 0 unspecified atom stereocenters. The summed E-state index contributed by atoms with van der Waals surface area (Å²) >= 11 is 6.17. The summed E-state index contributed by atoms with van der Waals surface area (Å²) in [5, 5.41) is 0.433. The van der Waals surface area contributed by atoms with Crippen molar-refractivity contribution in [1.82, 2.24) is 4.90 Å². The van der Waals surface area contributed by atoms with Crippen molar-refractivity contribution in [3.63, 3.8) is 0 Å². The molecule has 0 aliphatic carbocycles. The monoisotopic (exact) mass is 324 g/mol. The van der Waals surface area contributed by atoms with Crippen LogP contribution in [-0.2, 0) is 4.79 Å². The maximum Gasteiger partial charge on any atom is 0.254 e. The molecular weight excluding hydrogens is 304 g/mol. The molecule has 1 fully saturated rings. The molecule has 22 heavy (non-hydrogen) atoms. The number of carbonyl (C=O) groups is 2. The topological polar surface area (TPSA) is 72.6 Å². The molecule has 0 saturated carbocycles. The largest absolute Gasteiger partial charge is 0.492 e. The lowest BCUT2D eigenvalue weighted by atomic mass is 9.95. The van der Waals surface area contributed by atoms with Crippen molar-refractivity contribution in [2.75, 3.05) is 19.7 Å². The van der Waals surface area contributed by atoms with Gasteiger partial charge in [-0.05, 0) is 44.4 Å². The lowest BCUT2D eigenvalue weighted by Gasteiger charge is -2.31. The number of piperidine rings is 1. The summed E-state index contributed by atoms with van der Waals surface area (Å²) in [6, 6.07) is 3.44. The van der Waals surface area contributed by atoms with Crippen molar-refractivity contribution in [2.24, 2.45) is 11.7 Å². The van der Waals surface area contributed by atoms with Gasteiger partial charge >= 0.3 is 0 Å². The Kier molecular flexibility index (Phi) is 5.29. The van der Waals surface area contributed by atoms with Gasteiger partial charge in [0.25, 0.3) is 5.91 Å². The van der Waals surface area contributed by atoms with Gasteiger partial charge in [0.1, 0.15) is 5.75 Å². The van der Waals surface area contributed by atoms with Gasteiger partial charge in [0.2, 0.25) is 5.91 Å². The molecule has 0 aromatic heterocycles. The van der Waals surface area contributed by atoms with Gasteiger partial charge in [-0.1, -0.05) is 11.6 Å². The van der Waals surface area contributed by atoms with Gasteiger partial charge in [-0.15, -0.1) is 0 Å². The Balaban J connectivity index is 2.13. The molecule has 120 valence electrons. The highest BCUT2D eigenvalue weighted by Crippen LogP contribution is 2.29. The van der Waals surface area contributed by atoms with Crippen molar-refractivity contribution in [3.8, 4) is 5.75 Å². The van der Waals surface area contributed by atoms with Gasteiger partial charge in [0.15, 0.2) is 0 Å². The second kappa shape index (κ2) is 7.01. The zero-order valence-corrected chi connectivity index (χ0v) is 13.7. The van der Waals surface area contributed by atoms with E-state index in [1.807, 2.05) is 13.8 Å². The standard InChI is InChI=1S/C16H21ClN2O3/c1-3-22-14-8-10(2)12(9-13(14)17)16(21)19-6-4-11(5-7-19)15(18)20/h8-9,11H,3-7H2,1-2H3,(H2,18,20). The van der Waals surface area contributed by atoms with E-state index in [1.165, 1.54) is 0 Å². The summed E-state index contributed by atoms with van der Waals surface area (Å²) in [5.41, 5.74) is 6.72. The van der Waals surface area contributed by atoms with E-state index >= 15 is 0 Å². The molecule has 1 aliphatic rings. The number of aryl methyl sites for hydroxylation is 1. The summed E-state index contributed by atoms with van der Waals surface area (Å²) in [6.45, 7) is 5.34. The van der Waals surface area contributed by atoms with E-state index in [2.05, 4.69) is 0 Å². The summed E-state index contributed by atoms with van der Waals surface area (Å²) in [7, 11) is 0. The fraction of sp³-hybridized carbons (Fsp3) is 0.500. The molecule has 5 nitrogen and oxygen atoms in total. The highest BCUT2D eigenvalue weighted by atomic mass is 35.5. The predicted molar refractivity (Wildman–Crippen MR) is 85.2 cm³/mol. The first-order valence-electron chi connectivity index (χ1n) is 7.45. The molecule has 1 heterocycles. The van der Waals surface area contributed by atoms with Gasteiger partial charge in [-0.2, -0.15) is 0 Å². The van der Waals surface area contributed by atoms with Gasteiger partial charge in [0.05, 0.1) is 11.6 Å². The van der Waals surface area contributed by atoms with E-state index in [0.29, 0.717) is 48.9 Å². The Labute approximate surface area is 135 Å². The number of ether oxygens (including phenoxy) is 1. The number of nitrogens with zero attached hydrogens (tertiary/aromatic N) is 1. The first-order valence-corrected chi connectivity index (χ1v) is 7.83. The Morgan fingerprint density at radius 1 is 1.36 bits per heavy atom. The molecule has 0 bridgehead atoms. The average Bonchev–Trinajstić information content (AvgIpc) is 2.50. The van der Waals surface area contributed by atoms with Crippen LogP contribution < -0.4 is 10.5 Å². The number of amides is 2. The average molecular weight is 325 g/mol. The summed E-state index contributed by atoms with van der Waals surface area (Å²) in [4.78, 5) is 25.6. The third-order valence-electron chi connectivity index (χ3n) is 3.99. The second-order valence-electron chi connectivity index (χ2n) is 5.50. The summed E-state index contributed by atoms with van der Waals surface area (Å²) < 4.78 is 5.43.